The van der Waals surface area contributed by atoms with Crippen molar-refractivity contribution in [1.29, 1.82) is 0 Å². The molecule has 294 valence electrons. The number of amides is 2. The summed E-state index contributed by atoms with van der Waals surface area (Å²) in [4.78, 5) is 27.9. The Morgan fingerprint density at radius 2 is 1.38 bits per heavy atom. The SMILES string of the molecule is Cc1cc(Br)ccc1NN(CCc1ccccc1)C(=O)c1ccc(F)c(F)c1.Cc1cc(Br)ccc1Nc1c(C(=O)NCCN2CCCCC2)ccc(F)c1F. The Balaban J connectivity index is 0.000000214. The van der Waals surface area contributed by atoms with Crippen molar-refractivity contribution in [1.82, 2.24) is 15.2 Å². The fourth-order valence-electron chi connectivity index (χ4n) is 6.15. The molecule has 1 fully saturated rings. The number of carbonyl (C=O) groups excluding carboxylic acids is 2. The molecule has 1 heterocycles. The summed E-state index contributed by atoms with van der Waals surface area (Å²) >= 11 is 6.80. The largest absolute Gasteiger partial charge is 0.352 e. The first kappa shape index (κ1) is 42.4. The molecule has 56 heavy (non-hydrogen) atoms. The topological polar surface area (TPSA) is 76.7 Å². The molecular weight excluding hydrogens is 854 g/mol. The second-order valence-electron chi connectivity index (χ2n) is 13.4. The predicted octanol–water partition coefficient (Wildman–Crippen LogP) is 10.7. The Morgan fingerprint density at radius 1 is 0.732 bits per heavy atom. The van der Waals surface area contributed by atoms with Gasteiger partial charge >= 0.3 is 0 Å². The molecule has 0 radical (unpaired) electrons. The Hall–Kier alpha value is -4.72. The predicted molar refractivity (Wildman–Crippen MR) is 221 cm³/mol. The van der Waals surface area contributed by atoms with Gasteiger partial charge in [0.1, 0.15) is 0 Å². The Morgan fingerprint density at radius 3 is 2.02 bits per heavy atom. The van der Waals surface area contributed by atoms with Gasteiger partial charge < -0.3 is 15.5 Å². The van der Waals surface area contributed by atoms with Crippen LogP contribution in [0.3, 0.4) is 0 Å². The Bertz CT molecular complexity index is 2130. The first-order valence-corrected chi connectivity index (χ1v) is 19.8. The fraction of sp³-hybridized carbons (Fsp3) is 0.256. The summed E-state index contributed by atoms with van der Waals surface area (Å²) in [6, 6.07) is 26.3. The van der Waals surface area contributed by atoms with Gasteiger partial charge in [0.15, 0.2) is 23.3 Å². The molecule has 5 aromatic rings. The number of hydrogen-bond donors (Lipinski definition) is 3. The quantitative estimate of drug-likeness (QED) is 0.0859. The lowest BCUT2D eigenvalue weighted by Crippen LogP contribution is -2.38. The summed E-state index contributed by atoms with van der Waals surface area (Å²) in [5.41, 5.74) is 7.35. The molecule has 0 aromatic heterocycles. The maximum Gasteiger partial charge on any atom is 0.272 e. The van der Waals surface area contributed by atoms with Gasteiger partial charge in [-0.2, -0.15) is 0 Å². The number of halogens is 6. The van der Waals surface area contributed by atoms with Crippen molar-refractivity contribution in [2.45, 2.75) is 39.5 Å². The minimum atomic E-state index is -1.06. The minimum Gasteiger partial charge on any atom is -0.352 e. The number of hydrazine groups is 1. The first-order valence-electron chi connectivity index (χ1n) is 18.2. The molecule has 0 bridgehead atoms. The lowest BCUT2D eigenvalue weighted by atomic mass is 10.1. The number of piperidine rings is 1. The third-order valence-corrected chi connectivity index (χ3v) is 10.3. The summed E-state index contributed by atoms with van der Waals surface area (Å²) in [5, 5.41) is 7.14. The average molecular weight is 898 g/mol. The van der Waals surface area contributed by atoms with Crippen LogP contribution in [0.5, 0.6) is 0 Å². The molecule has 0 atom stereocenters. The van der Waals surface area contributed by atoms with Gasteiger partial charge in [-0.3, -0.25) is 20.0 Å². The molecule has 0 unspecified atom stereocenters. The van der Waals surface area contributed by atoms with Gasteiger partial charge in [-0.05, 0) is 130 Å². The number of likely N-dealkylation sites (tertiary alicyclic amines) is 1. The summed E-state index contributed by atoms with van der Waals surface area (Å²) in [7, 11) is 0. The van der Waals surface area contributed by atoms with E-state index in [1.165, 1.54) is 36.4 Å². The van der Waals surface area contributed by atoms with Gasteiger partial charge in [0.05, 0.1) is 16.9 Å². The molecule has 13 heteroatoms. The smallest absolute Gasteiger partial charge is 0.272 e. The normalized spacial score (nSPS) is 12.6. The van der Waals surface area contributed by atoms with E-state index in [0.717, 1.165) is 69.2 Å². The lowest BCUT2D eigenvalue weighted by Gasteiger charge is -2.26. The number of benzene rings is 5. The van der Waals surface area contributed by atoms with Gasteiger partial charge in [0.2, 0.25) is 0 Å². The lowest BCUT2D eigenvalue weighted by molar-refractivity contribution is 0.0793. The monoisotopic (exact) mass is 895 g/mol. The van der Waals surface area contributed by atoms with Gasteiger partial charge in [-0.15, -0.1) is 0 Å². The van der Waals surface area contributed by atoms with Crippen LogP contribution in [0.2, 0.25) is 0 Å². The van der Waals surface area contributed by atoms with Crippen molar-refractivity contribution in [3.63, 3.8) is 0 Å². The zero-order chi connectivity index (χ0) is 40.2. The van der Waals surface area contributed by atoms with E-state index in [-0.39, 0.29) is 16.8 Å². The molecular formula is C43H43Br2F4N5O2. The summed E-state index contributed by atoms with van der Waals surface area (Å²) in [6.45, 7) is 7.43. The maximum absolute atomic E-state index is 14.5. The van der Waals surface area contributed by atoms with E-state index in [2.05, 4.69) is 52.8 Å². The van der Waals surface area contributed by atoms with Crippen LogP contribution in [-0.2, 0) is 6.42 Å². The number of anilines is 3. The summed E-state index contributed by atoms with van der Waals surface area (Å²) in [6.07, 6.45) is 4.22. The second kappa shape index (κ2) is 20.4. The molecule has 3 N–H and O–H groups in total. The zero-order valence-corrected chi connectivity index (χ0v) is 34.3. The van der Waals surface area contributed by atoms with Crippen LogP contribution >= 0.6 is 31.9 Å². The van der Waals surface area contributed by atoms with Crippen LogP contribution in [0, 0.1) is 37.1 Å². The second-order valence-corrected chi connectivity index (χ2v) is 15.3. The van der Waals surface area contributed by atoms with Gasteiger partial charge in [-0.25, -0.2) is 17.6 Å². The Kier molecular flexibility index (Phi) is 15.5. The number of rotatable bonds is 12. The number of nitrogens with one attached hydrogen (secondary N) is 3. The highest BCUT2D eigenvalue weighted by atomic mass is 79.9. The van der Waals surface area contributed by atoms with Crippen molar-refractivity contribution < 1.29 is 27.2 Å². The van der Waals surface area contributed by atoms with Gasteiger partial charge in [0.25, 0.3) is 11.8 Å². The highest BCUT2D eigenvalue weighted by molar-refractivity contribution is 9.10. The average Bonchev–Trinajstić information content (AvgIpc) is 3.19. The molecule has 1 aliphatic rings. The van der Waals surface area contributed by atoms with Crippen LogP contribution in [-0.4, -0.2) is 54.4 Å². The summed E-state index contributed by atoms with van der Waals surface area (Å²) in [5.74, 6) is -4.95. The molecule has 0 spiro atoms. The van der Waals surface area contributed by atoms with E-state index in [1.807, 2.05) is 68.4 Å². The minimum absolute atomic E-state index is 0.0780. The molecule has 1 aliphatic heterocycles. The number of aryl methyl sites for hydroxylation is 2. The van der Waals surface area contributed by atoms with Gasteiger partial charge in [0, 0.05) is 39.8 Å². The van der Waals surface area contributed by atoms with E-state index in [0.29, 0.717) is 25.2 Å². The zero-order valence-electron chi connectivity index (χ0n) is 31.1. The third kappa shape index (κ3) is 11.9. The Labute approximate surface area is 341 Å². The highest BCUT2D eigenvalue weighted by Crippen LogP contribution is 2.30. The number of carbonyl (C=O) groups is 2. The molecule has 2 amide bonds. The molecule has 0 saturated carbocycles. The van der Waals surface area contributed by atoms with Crippen LogP contribution in [0.1, 0.15) is 56.7 Å². The number of nitrogens with zero attached hydrogens (tertiary/aromatic N) is 2. The first-order chi connectivity index (χ1) is 26.9. The number of hydrogen-bond acceptors (Lipinski definition) is 5. The highest BCUT2D eigenvalue weighted by Gasteiger charge is 2.21. The standard InChI is InChI=1S/C22H19BrF2N2O.C21H24BrF2N3O/c1-15-13-18(23)8-10-21(15)26-27(12-11-16-5-3-2-4-6-16)22(28)17-7-9-19(24)20(25)14-17;1-14-13-15(22)5-8-18(14)26-20-16(6-7-17(23)19(20)24)21(28)25-9-12-27-10-3-2-4-11-27/h2-10,13-14,26H,11-12H2,1H3;5-8,13,26H,2-4,9-12H2,1H3,(H,25,28). The van der Waals surface area contributed by atoms with E-state index in [9.17, 15) is 27.2 Å². The molecule has 0 aliphatic carbocycles. The van der Waals surface area contributed by atoms with E-state index in [1.54, 1.807) is 12.1 Å². The van der Waals surface area contributed by atoms with Crippen molar-refractivity contribution in [2.75, 3.05) is 43.5 Å². The van der Waals surface area contributed by atoms with Crippen LogP contribution in [0.15, 0.2) is 106 Å². The molecule has 6 rings (SSSR count). The van der Waals surface area contributed by atoms with Crippen molar-refractivity contribution in [2.24, 2.45) is 0 Å². The maximum atomic E-state index is 14.5. The van der Waals surface area contributed by atoms with E-state index >= 15 is 0 Å². The third-order valence-electron chi connectivity index (χ3n) is 9.27. The van der Waals surface area contributed by atoms with E-state index < -0.39 is 35.1 Å². The van der Waals surface area contributed by atoms with Crippen molar-refractivity contribution in [3.8, 4) is 0 Å². The van der Waals surface area contributed by atoms with Gasteiger partial charge in [-0.1, -0.05) is 68.6 Å². The van der Waals surface area contributed by atoms with Crippen LogP contribution in [0.25, 0.3) is 0 Å². The van der Waals surface area contributed by atoms with Crippen molar-refractivity contribution in [3.05, 3.63) is 157 Å². The fourth-order valence-corrected chi connectivity index (χ4v) is 7.10. The van der Waals surface area contributed by atoms with Crippen LogP contribution < -0.4 is 16.1 Å². The molecule has 5 aromatic carbocycles. The summed E-state index contributed by atoms with van der Waals surface area (Å²) < 4.78 is 57.0. The molecule has 1 saturated heterocycles. The van der Waals surface area contributed by atoms with Crippen LogP contribution in [0.4, 0.5) is 34.6 Å². The van der Waals surface area contributed by atoms with Crippen molar-refractivity contribution >= 4 is 60.7 Å². The molecule has 7 nitrogen and oxygen atoms in total. The van der Waals surface area contributed by atoms with E-state index in [4.69, 9.17) is 0 Å².